The van der Waals surface area contributed by atoms with Gasteiger partial charge in [-0.05, 0) is 43.0 Å². The normalized spacial score (nSPS) is 11.4. The third-order valence-electron chi connectivity index (χ3n) is 5.06. The molecule has 4 aromatic rings. The summed E-state index contributed by atoms with van der Waals surface area (Å²) in [6.45, 7) is 6.30. The van der Waals surface area contributed by atoms with E-state index in [1.54, 1.807) is 0 Å². The van der Waals surface area contributed by atoms with Crippen LogP contribution < -0.4 is 0 Å². The third-order valence-corrected chi connectivity index (χ3v) is 5.97. The number of carbonyl (C=O) groups excluding carboxylic acids is 1. The summed E-state index contributed by atoms with van der Waals surface area (Å²) in [5.74, 6) is 0.511. The maximum absolute atomic E-state index is 12.8. The Morgan fingerprint density at radius 1 is 1.07 bits per heavy atom. The molecule has 4 rings (SSSR count). The van der Waals surface area contributed by atoms with Crippen molar-refractivity contribution in [3.8, 4) is 0 Å². The molecule has 0 aliphatic heterocycles. The molecule has 0 spiro atoms. The highest BCUT2D eigenvalue weighted by molar-refractivity contribution is 7.99. The van der Waals surface area contributed by atoms with Crippen LogP contribution in [0.4, 0.5) is 0 Å². The molecule has 0 saturated carbocycles. The second-order valence-corrected chi connectivity index (χ2v) is 7.85. The molecule has 0 unspecified atom stereocenters. The number of pyridine rings is 1. The highest BCUT2D eigenvalue weighted by Crippen LogP contribution is 2.28. The van der Waals surface area contributed by atoms with Gasteiger partial charge in [0, 0.05) is 28.0 Å². The van der Waals surface area contributed by atoms with Gasteiger partial charge in [0.05, 0.1) is 16.3 Å². The van der Waals surface area contributed by atoms with Gasteiger partial charge in [-0.2, -0.15) is 0 Å². The van der Waals surface area contributed by atoms with E-state index in [0.717, 1.165) is 39.0 Å². The summed E-state index contributed by atoms with van der Waals surface area (Å²) in [6.07, 6.45) is 2.79. The Kier molecular flexibility index (Phi) is 4.75. The van der Waals surface area contributed by atoms with E-state index in [2.05, 4.69) is 56.1 Å². The van der Waals surface area contributed by atoms with Gasteiger partial charge in [-0.3, -0.25) is 4.79 Å². The van der Waals surface area contributed by atoms with E-state index in [-0.39, 0.29) is 5.78 Å². The van der Waals surface area contributed by atoms with E-state index in [0.29, 0.717) is 5.75 Å². The number of thioether (sulfide) groups is 1. The molecular weight excluding hydrogens is 352 g/mol. The van der Waals surface area contributed by atoms with Gasteiger partial charge in [0.1, 0.15) is 0 Å². The molecule has 0 amide bonds. The number of para-hydroxylation sites is 2. The first kappa shape index (κ1) is 17.8. The Labute approximate surface area is 163 Å². The number of benzene rings is 2. The summed E-state index contributed by atoms with van der Waals surface area (Å²) in [7, 11) is 0. The molecule has 0 aliphatic rings. The lowest BCUT2D eigenvalue weighted by Crippen LogP contribution is -2.02. The molecule has 3 nitrogen and oxygen atoms in total. The van der Waals surface area contributed by atoms with E-state index >= 15 is 0 Å². The molecule has 0 saturated heterocycles. The van der Waals surface area contributed by atoms with Gasteiger partial charge < -0.3 is 4.98 Å². The van der Waals surface area contributed by atoms with Crippen molar-refractivity contribution < 1.29 is 4.79 Å². The first-order valence-corrected chi connectivity index (χ1v) is 10.2. The Hall–Kier alpha value is -2.59. The zero-order chi connectivity index (χ0) is 19.0. The van der Waals surface area contributed by atoms with Crippen molar-refractivity contribution in [3.63, 3.8) is 0 Å². The molecule has 0 aliphatic carbocycles. The maximum Gasteiger partial charge on any atom is 0.175 e. The largest absolute Gasteiger partial charge is 0.360 e. The lowest BCUT2D eigenvalue weighted by atomic mass is 10.1. The minimum Gasteiger partial charge on any atom is -0.360 e. The maximum atomic E-state index is 12.8. The molecule has 2 aromatic heterocycles. The van der Waals surface area contributed by atoms with Crippen LogP contribution in [-0.2, 0) is 6.42 Å². The number of aromatic nitrogens is 2. The van der Waals surface area contributed by atoms with E-state index in [4.69, 9.17) is 4.98 Å². The Morgan fingerprint density at radius 2 is 1.85 bits per heavy atom. The number of Topliss-reactive ketones (excluding diaryl/α,β-unsaturated/α-hetero) is 1. The molecule has 4 heteroatoms. The number of nitrogens with zero attached hydrogens (tertiary/aromatic N) is 1. The van der Waals surface area contributed by atoms with Crippen LogP contribution >= 0.6 is 11.8 Å². The first-order valence-electron chi connectivity index (χ1n) is 9.20. The number of rotatable bonds is 5. The summed E-state index contributed by atoms with van der Waals surface area (Å²) >= 11 is 1.51. The number of carbonyl (C=O) groups is 1. The first-order chi connectivity index (χ1) is 13.1. The standard InChI is InChI=1S/C23H22N2OS/c1-4-16-8-6-10-18-19(12-24-23(16)18)20(26)13-27-21-11-15(3)17-9-5-7-14(2)22(17)25-21/h5-12,24H,4,13H2,1-3H3. The van der Waals surface area contributed by atoms with Crippen LogP contribution in [0.3, 0.4) is 0 Å². The highest BCUT2D eigenvalue weighted by atomic mass is 32.2. The van der Waals surface area contributed by atoms with Crippen LogP contribution in [0.5, 0.6) is 0 Å². The molecule has 0 atom stereocenters. The third kappa shape index (κ3) is 3.26. The number of hydrogen-bond donors (Lipinski definition) is 1. The van der Waals surface area contributed by atoms with Crippen molar-refractivity contribution in [1.29, 1.82) is 0 Å². The summed E-state index contributed by atoms with van der Waals surface area (Å²) < 4.78 is 0. The molecule has 27 heavy (non-hydrogen) atoms. The smallest absolute Gasteiger partial charge is 0.175 e. The van der Waals surface area contributed by atoms with Crippen molar-refractivity contribution in [2.24, 2.45) is 0 Å². The van der Waals surface area contributed by atoms with Crippen LogP contribution in [0.1, 0.15) is 34.0 Å². The summed E-state index contributed by atoms with van der Waals surface area (Å²) in [5.41, 5.74) is 6.45. The molecule has 0 bridgehead atoms. The van der Waals surface area contributed by atoms with E-state index in [9.17, 15) is 4.79 Å². The van der Waals surface area contributed by atoms with E-state index in [1.165, 1.54) is 28.3 Å². The number of hydrogen-bond acceptors (Lipinski definition) is 3. The molecule has 2 aromatic carbocycles. The topological polar surface area (TPSA) is 45.8 Å². The van der Waals surface area contributed by atoms with Gasteiger partial charge in [0.25, 0.3) is 0 Å². The highest BCUT2D eigenvalue weighted by Gasteiger charge is 2.15. The van der Waals surface area contributed by atoms with Crippen LogP contribution in [0.15, 0.2) is 53.7 Å². The molecule has 136 valence electrons. The lowest BCUT2D eigenvalue weighted by molar-refractivity contribution is 0.102. The molecule has 0 fully saturated rings. The Balaban J connectivity index is 1.60. The summed E-state index contributed by atoms with van der Waals surface area (Å²) in [4.78, 5) is 20.9. The zero-order valence-corrected chi connectivity index (χ0v) is 16.6. The fraction of sp³-hybridized carbons (Fsp3) is 0.217. The SMILES string of the molecule is CCc1cccc2c(C(=O)CSc3cc(C)c4cccc(C)c4n3)c[nH]c12. The van der Waals surface area contributed by atoms with Gasteiger partial charge in [-0.1, -0.05) is 55.1 Å². The van der Waals surface area contributed by atoms with Crippen LogP contribution in [-0.4, -0.2) is 21.5 Å². The number of aromatic amines is 1. The van der Waals surface area contributed by atoms with Crippen molar-refractivity contribution in [2.45, 2.75) is 32.2 Å². The van der Waals surface area contributed by atoms with Gasteiger partial charge >= 0.3 is 0 Å². The van der Waals surface area contributed by atoms with Crippen molar-refractivity contribution in [3.05, 3.63) is 70.9 Å². The van der Waals surface area contributed by atoms with Crippen LogP contribution in [0.25, 0.3) is 21.8 Å². The van der Waals surface area contributed by atoms with Gasteiger partial charge in [0.2, 0.25) is 0 Å². The minimum atomic E-state index is 0.129. The predicted octanol–water partition coefficient (Wildman–Crippen LogP) is 5.87. The van der Waals surface area contributed by atoms with Crippen molar-refractivity contribution in [2.75, 3.05) is 5.75 Å². The van der Waals surface area contributed by atoms with E-state index in [1.807, 2.05) is 18.3 Å². The quantitative estimate of drug-likeness (QED) is 0.351. The van der Waals surface area contributed by atoms with Gasteiger partial charge in [0.15, 0.2) is 5.78 Å². The minimum absolute atomic E-state index is 0.129. The number of nitrogens with one attached hydrogen (secondary N) is 1. The number of aryl methyl sites for hydroxylation is 3. The van der Waals surface area contributed by atoms with Gasteiger partial charge in [-0.15, -0.1) is 0 Å². The molecular formula is C23H22N2OS. The van der Waals surface area contributed by atoms with Crippen LogP contribution in [0, 0.1) is 13.8 Å². The molecule has 1 N–H and O–H groups in total. The Morgan fingerprint density at radius 3 is 2.67 bits per heavy atom. The van der Waals surface area contributed by atoms with Gasteiger partial charge in [-0.25, -0.2) is 4.98 Å². The number of ketones is 1. The average molecular weight is 375 g/mol. The van der Waals surface area contributed by atoms with Crippen molar-refractivity contribution >= 4 is 39.4 Å². The molecule has 2 heterocycles. The second-order valence-electron chi connectivity index (χ2n) is 6.86. The zero-order valence-electron chi connectivity index (χ0n) is 15.8. The lowest BCUT2D eigenvalue weighted by Gasteiger charge is -2.08. The Bertz CT molecular complexity index is 1160. The second kappa shape index (κ2) is 7.20. The monoisotopic (exact) mass is 374 g/mol. The predicted molar refractivity (Wildman–Crippen MR) is 114 cm³/mol. The molecule has 0 radical (unpaired) electrons. The summed E-state index contributed by atoms with van der Waals surface area (Å²) in [5, 5.41) is 3.09. The fourth-order valence-electron chi connectivity index (χ4n) is 3.56. The number of H-pyrrole nitrogens is 1. The van der Waals surface area contributed by atoms with Crippen molar-refractivity contribution in [1.82, 2.24) is 9.97 Å². The number of fused-ring (bicyclic) bond motifs is 2. The van der Waals surface area contributed by atoms with Crippen LogP contribution in [0.2, 0.25) is 0 Å². The average Bonchev–Trinajstić information content (AvgIpc) is 3.11. The summed E-state index contributed by atoms with van der Waals surface area (Å²) in [6, 6.07) is 14.5. The fourth-order valence-corrected chi connectivity index (χ4v) is 4.42. The van der Waals surface area contributed by atoms with E-state index < -0.39 is 0 Å².